The molecule has 0 bridgehead atoms. The molecule has 25 heavy (non-hydrogen) atoms. The Morgan fingerprint density at radius 3 is 2.48 bits per heavy atom. The molecule has 2 aliphatic rings. The maximum atomic E-state index is 6.44. The lowest BCUT2D eigenvalue weighted by Gasteiger charge is -2.44. The van der Waals surface area contributed by atoms with Gasteiger partial charge in [-0.1, -0.05) is 40.7 Å². The molecule has 3 nitrogen and oxygen atoms in total. The van der Waals surface area contributed by atoms with Crippen LogP contribution in [-0.4, -0.2) is 43.0 Å². The van der Waals surface area contributed by atoms with Gasteiger partial charge in [0.05, 0.1) is 12.7 Å². The molecule has 1 aliphatic heterocycles. The minimum atomic E-state index is -0.271. The monoisotopic (exact) mass is 351 g/mol. The van der Waals surface area contributed by atoms with E-state index in [1.54, 1.807) is 0 Å². The Kier molecular flexibility index (Phi) is 7.54. The van der Waals surface area contributed by atoms with Gasteiger partial charge in [-0.3, -0.25) is 0 Å². The lowest BCUT2D eigenvalue weighted by atomic mass is 9.64. The maximum absolute atomic E-state index is 6.44. The van der Waals surface area contributed by atoms with E-state index in [-0.39, 0.29) is 11.9 Å². The van der Waals surface area contributed by atoms with Crippen molar-refractivity contribution in [3.63, 3.8) is 0 Å². The maximum Gasteiger partial charge on any atom is 0.168 e. The van der Waals surface area contributed by atoms with Crippen LogP contribution in [0.25, 0.3) is 0 Å². The zero-order valence-electron chi connectivity index (χ0n) is 17.4. The molecule has 1 unspecified atom stereocenters. The van der Waals surface area contributed by atoms with Crippen LogP contribution in [0, 0.1) is 17.3 Å². The molecular formula is C22H41NO2. The van der Waals surface area contributed by atoms with Gasteiger partial charge < -0.3 is 14.4 Å². The molecule has 1 saturated heterocycles. The third-order valence-corrected chi connectivity index (χ3v) is 7.07. The van der Waals surface area contributed by atoms with Gasteiger partial charge in [-0.15, -0.1) is 6.58 Å². The Bertz CT molecular complexity index is 410. The molecule has 0 aromatic carbocycles. The molecule has 0 N–H and O–H groups in total. The normalized spacial score (nSPS) is 30.5. The molecule has 3 heteroatoms. The summed E-state index contributed by atoms with van der Waals surface area (Å²) >= 11 is 0. The van der Waals surface area contributed by atoms with E-state index in [4.69, 9.17) is 9.47 Å². The van der Waals surface area contributed by atoms with Crippen molar-refractivity contribution in [3.05, 3.63) is 12.7 Å². The molecule has 0 aromatic rings. The van der Waals surface area contributed by atoms with E-state index in [1.807, 2.05) is 6.08 Å². The Morgan fingerprint density at radius 1 is 1.24 bits per heavy atom. The van der Waals surface area contributed by atoms with Crippen molar-refractivity contribution in [1.82, 2.24) is 4.90 Å². The summed E-state index contributed by atoms with van der Waals surface area (Å²) in [6, 6.07) is 0. The molecule has 0 amide bonds. The van der Waals surface area contributed by atoms with E-state index >= 15 is 0 Å². The minimum absolute atomic E-state index is 0.271. The predicted octanol–water partition coefficient (Wildman–Crippen LogP) is 5.26. The third kappa shape index (κ3) is 5.30. The second-order valence-electron chi connectivity index (χ2n) is 9.01. The van der Waals surface area contributed by atoms with Crippen LogP contribution in [0.15, 0.2) is 12.7 Å². The summed E-state index contributed by atoms with van der Waals surface area (Å²) < 4.78 is 12.6. The second kappa shape index (κ2) is 9.01. The molecule has 146 valence electrons. The molecule has 2 rings (SSSR count). The highest BCUT2D eigenvalue weighted by Crippen LogP contribution is 2.48. The Hall–Kier alpha value is -0.380. The van der Waals surface area contributed by atoms with Gasteiger partial charge in [-0.2, -0.15) is 0 Å². The molecule has 0 radical (unpaired) electrons. The van der Waals surface area contributed by atoms with E-state index < -0.39 is 0 Å². The van der Waals surface area contributed by atoms with Crippen molar-refractivity contribution in [2.24, 2.45) is 17.3 Å². The highest BCUT2D eigenvalue weighted by atomic mass is 16.7. The zero-order valence-corrected chi connectivity index (χ0v) is 17.4. The van der Waals surface area contributed by atoms with E-state index in [2.05, 4.69) is 46.1 Å². The first-order valence-corrected chi connectivity index (χ1v) is 10.5. The highest BCUT2D eigenvalue weighted by molar-refractivity contribution is 4.91. The largest absolute Gasteiger partial charge is 0.347 e. The molecule has 1 heterocycles. The van der Waals surface area contributed by atoms with E-state index in [0.717, 1.165) is 63.8 Å². The van der Waals surface area contributed by atoms with Crippen molar-refractivity contribution in [2.45, 2.75) is 85.0 Å². The fourth-order valence-electron chi connectivity index (χ4n) is 4.32. The van der Waals surface area contributed by atoms with Gasteiger partial charge in [0.1, 0.15) is 0 Å². The number of ether oxygens (including phenoxy) is 2. The number of nitrogens with zero attached hydrogens (tertiary/aromatic N) is 1. The number of rotatable bonds is 9. The first kappa shape index (κ1) is 20.9. The Morgan fingerprint density at radius 2 is 1.92 bits per heavy atom. The summed E-state index contributed by atoms with van der Waals surface area (Å²) in [6.07, 6.45) is 9.02. The van der Waals surface area contributed by atoms with Crippen molar-refractivity contribution < 1.29 is 9.47 Å². The summed E-state index contributed by atoms with van der Waals surface area (Å²) in [4.78, 5) is 2.48. The summed E-state index contributed by atoms with van der Waals surface area (Å²) in [5, 5.41) is 0. The second-order valence-corrected chi connectivity index (χ2v) is 9.01. The molecule has 1 atom stereocenters. The van der Waals surface area contributed by atoms with Crippen LogP contribution in [0.3, 0.4) is 0 Å². The molecular weight excluding hydrogens is 310 g/mol. The van der Waals surface area contributed by atoms with Crippen LogP contribution < -0.4 is 0 Å². The van der Waals surface area contributed by atoms with Gasteiger partial charge >= 0.3 is 0 Å². The summed E-state index contributed by atoms with van der Waals surface area (Å²) in [5.41, 5.74) is 0.409. The van der Waals surface area contributed by atoms with Crippen LogP contribution in [0.2, 0.25) is 0 Å². The molecule has 1 saturated carbocycles. The molecule has 1 spiro atoms. The van der Waals surface area contributed by atoms with Gasteiger partial charge in [0.2, 0.25) is 0 Å². The van der Waals surface area contributed by atoms with Gasteiger partial charge in [-0.05, 0) is 49.5 Å². The van der Waals surface area contributed by atoms with Crippen LogP contribution >= 0.6 is 0 Å². The first-order chi connectivity index (χ1) is 11.8. The van der Waals surface area contributed by atoms with Gasteiger partial charge in [0.15, 0.2) is 5.79 Å². The first-order valence-electron chi connectivity index (χ1n) is 10.5. The van der Waals surface area contributed by atoms with Crippen molar-refractivity contribution in [2.75, 3.05) is 26.2 Å². The smallest absolute Gasteiger partial charge is 0.168 e. The van der Waals surface area contributed by atoms with Crippen molar-refractivity contribution in [1.29, 1.82) is 0 Å². The number of hydrogen-bond donors (Lipinski definition) is 0. The fourth-order valence-corrected chi connectivity index (χ4v) is 4.32. The van der Waals surface area contributed by atoms with Crippen LogP contribution in [0.5, 0.6) is 0 Å². The predicted molar refractivity (Wildman–Crippen MR) is 106 cm³/mol. The van der Waals surface area contributed by atoms with Gasteiger partial charge in [0.25, 0.3) is 0 Å². The highest BCUT2D eigenvalue weighted by Gasteiger charge is 2.46. The lowest BCUT2D eigenvalue weighted by Crippen LogP contribution is -2.41. The van der Waals surface area contributed by atoms with Crippen LogP contribution in [0.1, 0.15) is 73.1 Å². The number of hydrogen-bond acceptors (Lipinski definition) is 3. The van der Waals surface area contributed by atoms with Crippen LogP contribution in [0.4, 0.5) is 0 Å². The molecule has 0 aromatic heterocycles. The zero-order chi connectivity index (χ0) is 18.5. The summed E-state index contributed by atoms with van der Waals surface area (Å²) in [7, 11) is 0. The fraction of sp³-hybridized carbons (Fsp3) is 0.909. The van der Waals surface area contributed by atoms with Gasteiger partial charge in [-0.25, -0.2) is 0 Å². The summed E-state index contributed by atoms with van der Waals surface area (Å²) in [6.45, 7) is 19.7. The lowest BCUT2D eigenvalue weighted by molar-refractivity contribution is -0.198. The quantitative estimate of drug-likeness (QED) is 0.529. The average Bonchev–Trinajstić information content (AvgIpc) is 2.98. The molecule has 2 fully saturated rings. The topological polar surface area (TPSA) is 21.7 Å². The third-order valence-electron chi connectivity index (χ3n) is 7.07. The average molecular weight is 352 g/mol. The van der Waals surface area contributed by atoms with Crippen molar-refractivity contribution in [3.8, 4) is 0 Å². The van der Waals surface area contributed by atoms with E-state index in [0.29, 0.717) is 5.41 Å². The molecule has 1 aliphatic carbocycles. The van der Waals surface area contributed by atoms with Gasteiger partial charge in [0, 0.05) is 25.9 Å². The van der Waals surface area contributed by atoms with Crippen LogP contribution in [-0.2, 0) is 9.47 Å². The SMILES string of the molecule is C=CCCN(CC)CCC1COC2(CCC(C(C)(C)C(C)C)CC2)O1. The minimum Gasteiger partial charge on any atom is -0.347 e. The van der Waals surface area contributed by atoms with E-state index in [9.17, 15) is 0 Å². The standard InChI is InChI=1S/C22H41NO2/c1-7-9-15-23(8-2)16-12-20-17-24-22(25-20)13-10-19(11-14-22)21(5,6)18(3)4/h7,18-20H,1,8-17H2,2-6H3. The summed E-state index contributed by atoms with van der Waals surface area (Å²) in [5.74, 6) is 1.24. The Balaban J connectivity index is 1.78. The Labute approximate surface area is 156 Å². The van der Waals surface area contributed by atoms with Crippen molar-refractivity contribution >= 4 is 0 Å². The van der Waals surface area contributed by atoms with E-state index in [1.165, 1.54) is 12.8 Å².